The number of pyridine rings is 1. The number of unbranched alkanes of at least 4 members (excludes halogenated alkanes) is 1. The van der Waals surface area contributed by atoms with E-state index >= 15 is 0 Å². The molecule has 1 heterocycles. The quantitative estimate of drug-likeness (QED) is 0.640. The van der Waals surface area contributed by atoms with Gasteiger partial charge in [0.15, 0.2) is 0 Å². The van der Waals surface area contributed by atoms with Crippen molar-refractivity contribution < 1.29 is 9.90 Å². The van der Waals surface area contributed by atoms with Crippen molar-refractivity contribution in [2.45, 2.75) is 33.1 Å². The van der Waals surface area contributed by atoms with E-state index < -0.39 is 5.97 Å². The van der Waals surface area contributed by atoms with Crippen LogP contribution in [-0.2, 0) is 6.42 Å². The van der Waals surface area contributed by atoms with Crippen molar-refractivity contribution in [2.24, 2.45) is 0 Å². The van der Waals surface area contributed by atoms with E-state index in [1.807, 2.05) is 19.1 Å². The highest BCUT2D eigenvalue weighted by Crippen LogP contribution is 2.28. The molecule has 3 aromatic rings. The smallest absolute Gasteiger partial charge is 0.335 e. The van der Waals surface area contributed by atoms with Gasteiger partial charge in [-0.3, -0.25) is 4.98 Å². The average Bonchev–Trinajstić information content (AvgIpc) is 2.60. The maximum atomic E-state index is 11.2. The summed E-state index contributed by atoms with van der Waals surface area (Å²) in [6.45, 7) is 4.15. The largest absolute Gasteiger partial charge is 0.478 e. The minimum absolute atomic E-state index is 0.267. The van der Waals surface area contributed by atoms with Crippen LogP contribution >= 0.6 is 0 Å². The minimum atomic E-state index is -0.929. The monoisotopic (exact) mass is 334 g/mol. The highest BCUT2D eigenvalue weighted by molar-refractivity contribution is 5.94. The molecule has 25 heavy (non-hydrogen) atoms. The second-order valence-corrected chi connectivity index (χ2v) is 6.28. The number of carboxylic acid groups (broad SMARTS) is 1. The molecule has 128 valence electrons. The van der Waals surface area contributed by atoms with Crippen molar-refractivity contribution in [3.8, 4) is 0 Å². The average molecular weight is 334 g/mol. The van der Waals surface area contributed by atoms with Gasteiger partial charge >= 0.3 is 5.97 Å². The van der Waals surface area contributed by atoms with Crippen LogP contribution in [0.3, 0.4) is 0 Å². The van der Waals surface area contributed by atoms with Gasteiger partial charge in [0.2, 0.25) is 0 Å². The number of aromatic nitrogens is 1. The molecular weight excluding hydrogens is 312 g/mol. The number of aromatic carboxylic acids is 1. The van der Waals surface area contributed by atoms with Gasteiger partial charge in [-0.05, 0) is 61.7 Å². The SMILES string of the molecule is CCCCc1ccc2nc(C)cc(Nc3cccc(C(=O)O)c3)c2c1. The lowest BCUT2D eigenvalue weighted by Gasteiger charge is -2.12. The molecule has 0 bridgehead atoms. The molecule has 4 nitrogen and oxygen atoms in total. The maximum Gasteiger partial charge on any atom is 0.335 e. The summed E-state index contributed by atoms with van der Waals surface area (Å²) in [6, 6.07) is 15.2. The second kappa shape index (κ2) is 7.34. The highest BCUT2D eigenvalue weighted by Gasteiger charge is 2.08. The van der Waals surface area contributed by atoms with Crippen LogP contribution in [0, 0.1) is 6.92 Å². The Morgan fingerprint density at radius 3 is 2.76 bits per heavy atom. The zero-order valence-corrected chi connectivity index (χ0v) is 14.5. The number of fused-ring (bicyclic) bond motifs is 1. The van der Waals surface area contributed by atoms with Gasteiger partial charge in [0.05, 0.1) is 11.1 Å². The predicted molar refractivity (Wildman–Crippen MR) is 102 cm³/mol. The molecule has 1 aromatic heterocycles. The van der Waals surface area contributed by atoms with Gasteiger partial charge in [0.1, 0.15) is 0 Å². The number of nitrogens with zero attached hydrogens (tertiary/aromatic N) is 1. The lowest BCUT2D eigenvalue weighted by molar-refractivity contribution is 0.0697. The van der Waals surface area contributed by atoms with Gasteiger partial charge in [-0.15, -0.1) is 0 Å². The first-order chi connectivity index (χ1) is 12.1. The summed E-state index contributed by atoms with van der Waals surface area (Å²) in [6.07, 6.45) is 3.37. The van der Waals surface area contributed by atoms with Gasteiger partial charge in [0.25, 0.3) is 0 Å². The first kappa shape index (κ1) is 17.0. The first-order valence-corrected chi connectivity index (χ1v) is 8.57. The number of benzene rings is 2. The van der Waals surface area contributed by atoms with Crippen LogP contribution in [0.2, 0.25) is 0 Å². The highest BCUT2D eigenvalue weighted by atomic mass is 16.4. The Hall–Kier alpha value is -2.88. The zero-order chi connectivity index (χ0) is 17.8. The van der Waals surface area contributed by atoms with Crippen molar-refractivity contribution in [1.82, 2.24) is 4.98 Å². The number of carbonyl (C=O) groups is 1. The molecule has 0 spiro atoms. The van der Waals surface area contributed by atoms with E-state index in [1.54, 1.807) is 18.2 Å². The van der Waals surface area contributed by atoms with Gasteiger partial charge in [-0.2, -0.15) is 0 Å². The van der Waals surface area contributed by atoms with E-state index in [9.17, 15) is 9.90 Å². The van der Waals surface area contributed by atoms with E-state index in [0.717, 1.165) is 47.2 Å². The number of hydrogen-bond donors (Lipinski definition) is 2. The second-order valence-electron chi connectivity index (χ2n) is 6.28. The molecule has 0 aliphatic heterocycles. The topological polar surface area (TPSA) is 62.2 Å². The zero-order valence-electron chi connectivity index (χ0n) is 14.5. The predicted octanol–water partition coefficient (Wildman–Crippen LogP) is 5.33. The van der Waals surface area contributed by atoms with Gasteiger partial charge < -0.3 is 10.4 Å². The third-order valence-corrected chi connectivity index (χ3v) is 4.21. The normalized spacial score (nSPS) is 10.8. The Bertz CT molecular complexity index is 919. The summed E-state index contributed by atoms with van der Waals surface area (Å²) in [5.41, 5.74) is 5.13. The summed E-state index contributed by atoms with van der Waals surface area (Å²) >= 11 is 0. The molecule has 0 unspecified atom stereocenters. The van der Waals surface area contributed by atoms with E-state index in [2.05, 4.69) is 35.4 Å². The molecule has 3 rings (SSSR count). The van der Waals surface area contributed by atoms with Gasteiger partial charge in [-0.1, -0.05) is 25.5 Å². The summed E-state index contributed by atoms with van der Waals surface area (Å²) in [5, 5.41) is 13.6. The Morgan fingerprint density at radius 1 is 1.16 bits per heavy atom. The molecule has 0 aliphatic carbocycles. The molecule has 0 amide bonds. The van der Waals surface area contributed by atoms with Gasteiger partial charge in [0, 0.05) is 22.5 Å². The molecule has 0 saturated carbocycles. The summed E-state index contributed by atoms with van der Waals surface area (Å²) in [4.78, 5) is 15.8. The minimum Gasteiger partial charge on any atom is -0.478 e. The molecule has 0 saturated heterocycles. The number of rotatable bonds is 6. The Labute approximate surface area is 147 Å². The third-order valence-electron chi connectivity index (χ3n) is 4.21. The third kappa shape index (κ3) is 3.97. The van der Waals surface area contributed by atoms with Crippen molar-refractivity contribution in [3.05, 3.63) is 65.4 Å². The molecule has 0 fully saturated rings. The van der Waals surface area contributed by atoms with Crippen LogP contribution in [0.4, 0.5) is 11.4 Å². The molecule has 2 aromatic carbocycles. The van der Waals surface area contributed by atoms with Crippen LogP contribution in [0.15, 0.2) is 48.5 Å². The molecule has 0 aliphatic rings. The van der Waals surface area contributed by atoms with E-state index in [-0.39, 0.29) is 5.56 Å². The number of carboxylic acids is 1. The summed E-state index contributed by atoms with van der Waals surface area (Å²) in [5.74, 6) is -0.929. The number of nitrogens with one attached hydrogen (secondary N) is 1. The van der Waals surface area contributed by atoms with E-state index in [0.29, 0.717) is 0 Å². The van der Waals surface area contributed by atoms with Crippen molar-refractivity contribution in [1.29, 1.82) is 0 Å². The van der Waals surface area contributed by atoms with Gasteiger partial charge in [-0.25, -0.2) is 4.79 Å². The van der Waals surface area contributed by atoms with Crippen molar-refractivity contribution in [2.75, 3.05) is 5.32 Å². The molecule has 4 heteroatoms. The van der Waals surface area contributed by atoms with Crippen LogP contribution < -0.4 is 5.32 Å². The van der Waals surface area contributed by atoms with Crippen LogP contribution in [0.1, 0.15) is 41.4 Å². The van der Waals surface area contributed by atoms with Crippen LogP contribution in [-0.4, -0.2) is 16.1 Å². The fraction of sp³-hybridized carbons (Fsp3) is 0.238. The van der Waals surface area contributed by atoms with Crippen LogP contribution in [0.5, 0.6) is 0 Å². The fourth-order valence-corrected chi connectivity index (χ4v) is 2.93. The van der Waals surface area contributed by atoms with Crippen molar-refractivity contribution in [3.63, 3.8) is 0 Å². The molecular formula is C21H22N2O2. The van der Waals surface area contributed by atoms with Crippen molar-refractivity contribution >= 4 is 28.2 Å². The first-order valence-electron chi connectivity index (χ1n) is 8.57. The number of hydrogen-bond acceptors (Lipinski definition) is 3. The number of anilines is 2. The van der Waals surface area contributed by atoms with Crippen LogP contribution in [0.25, 0.3) is 10.9 Å². The Balaban J connectivity index is 2.01. The standard InChI is InChI=1S/C21H22N2O2/c1-3-4-6-15-9-10-19-18(12-15)20(11-14(2)22-19)23-17-8-5-7-16(13-17)21(24)25/h5,7-13H,3-4,6H2,1-2H3,(H,22,23)(H,24,25). The van der Waals surface area contributed by atoms with E-state index in [4.69, 9.17) is 0 Å². The summed E-state index contributed by atoms with van der Waals surface area (Å²) in [7, 11) is 0. The molecule has 0 radical (unpaired) electrons. The lowest BCUT2D eigenvalue weighted by atomic mass is 10.0. The Morgan fingerprint density at radius 2 is 2.00 bits per heavy atom. The number of aryl methyl sites for hydroxylation is 2. The molecule has 0 atom stereocenters. The fourth-order valence-electron chi connectivity index (χ4n) is 2.93. The summed E-state index contributed by atoms with van der Waals surface area (Å²) < 4.78 is 0. The Kier molecular flexibility index (Phi) is 4.98. The molecule has 2 N–H and O–H groups in total. The van der Waals surface area contributed by atoms with E-state index in [1.165, 1.54) is 5.56 Å². The maximum absolute atomic E-state index is 11.2. The lowest BCUT2D eigenvalue weighted by Crippen LogP contribution is -1.99.